The standard InChI is InChI=1S/C25H25FN2O2S/c1-3-27(25(30)19-10-6-7-11-21(19)26)16-23(29)28-14-12-22-20(13-15-31-22)24(28)18-9-5-4-8-17(18)2/h4-11,13,15,24H,3,12,14,16H2,1-2H3. The van der Waals surface area contributed by atoms with Crippen LogP contribution in [0.4, 0.5) is 4.39 Å². The summed E-state index contributed by atoms with van der Waals surface area (Å²) in [5.41, 5.74) is 3.37. The highest BCUT2D eigenvalue weighted by atomic mass is 32.1. The Morgan fingerprint density at radius 2 is 1.84 bits per heavy atom. The van der Waals surface area contributed by atoms with Gasteiger partial charge in [-0.2, -0.15) is 0 Å². The molecular formula is C25H25FN2O2S. The van der Waals surface area contributed by atoms with E-state index in [9.17, 15) is 14.0 Å². The van der Waals surface area contributed by atoms with Crippen molar-refractivity contribution in [3.8, 4) is 0 Å². The lowest BCUT2D eigenvalue weighted by Gasteiger charge is -2.38. The SMILES string of the molecule is CCN(CC(=O)N1CCc2sccc2C1c1ccccc1C)C(=O)c1ccccc1F. The number of aryl methyl sites for hydroxylation is 1. The van der Waals surface area contributed by atoms with Crippen molar-refractivity contribution in [1.82, 2.24) is 9.80 Å². The van der Waals surface area contributed by atoms with Gasteiger partial charge in [0.05, 0.1) is 11.6 Å². The van der Waals surface area contributed by atoms with Gasteiger partial charge in [0, 0.05) is 18.0 Å². The third-order valence-corrected chi connectivity index (χ3v) is 6.87. The van der Waals surface area contributed by atoms with Crippen LogP contribution in [-0.2, 0) is 11.2 Å². The average molecular weight is 437 g/mol. The largest absolute Gasteiger partial charge is 0.330 e. The molecule has 2 amide bonds. The number of likely N-dealkylation sites (N-methyl/N-ethyl adjacent to an activating group) is 1. The predicted molar refractivity (Wildman–Crippen MR) is 121 cm³/mol. The Bertz CT molecular complexity index is 1110. The van der Waals surface area contributed by atoms with E-state index < -0.39 is 11.7 Å². The first-order valence-corrected chi connectivity index (χ1v) is 11.3. The number of amides is 2. The van der Waals surface area contributed by atoms with E-state index in [0.29, 0.717) is 13.1 Å². The van der Waals surface area contributed by atoms with Crippen molar-refractivity contribution in [3.05, 3.63) is 92.9 Å². The number of fused-ring (bicyclic) bond motifs is 1. The molecule has 4 rings (SSSR count). The Morgan fingerprint density at radius 3 is 2.58 bits per heavy atom. The van der Waals surface area contributed by atoms with Crippen LogP contribution >= 0.6 is 11.3 Å². The molecule has 1 unspecified atom stereocenters. The van der Waals surface area contributed by atoms with Crippen molar-refractivity contribution in [3.63, 3.8) is 0 Å². The summed E-state index contributed by atoms with van der Waals surface area (Å²) in [6.07, 6.45) is 0.800. The number of rotatable bonds is 5. The van der Waals surface area contributed by atoms with Gasteiger partial charge in [-0.1, -0.05) is 36.4 Å². The fourth-order valence-electron chi connectivity index (χ4n) is 4.20. The van der Waals surface area contributed by atoms with Crippen LogP contribution in [0.25, 0.3) is 0 Å². The molecule has 0 bridgehead atoms. The topological polar surface area (TPSA) is 40.6 Å². The van der Waals surface area contributed by atoms with Gasteiger partial charge in [-0.3, -0.25) is 9.59 Å². The zero-order chi connectivity index (χ0) is 22.0. The summed E-state index contributed by atoms with van der Waals surface area (Å²) in [6, 6.07) is 15.9. The van der Waals surface area contributed by atoms with Crippen LogP contribution in [0.1, 0.15) is 44.9 Å². The third-order valence-electron chi connectivity index (χ3n) is 5.87. The molecule has 1 aliphatic rings. The van der Waals surface area contributed by atoms with Gasteiger partial charge in [0.15, 0.2) is 0 Å². The second kappa shape index (κ2) is 9.02. The molecule has 1 atom stereocenters. The van der Waals surface area contributed by atoms with E-state index in [0.717, 1.165) is 23.1 Å². The van der Waals surface area contributed by atoms with Gasteiger partial charge in [0.25, 0.3) is 5.91 Å². The first-order valence-electron chi connectivity index (χ1n) is 10.5. The molecule has 0 spiro atoms. The molecule has 1 aliphatic heterocycles. The summed E-state index contributed by atoms with van der Waals surface area (Å²) in [5, 5.41) is 2.07. The summed E-state index contributed by atoms with van der Waals surface area (Å²) in [6.45, 7) is 4.70. The number of thiophene rings is 1. The minimum atomic E-state index is -0.572. The van der Waals surface area contributed by atoms with Gasteiger partial charge in [-0.15, -0.1) is 11.3 Å². The average Bonchev–Trinajstić information content (AvgIpc) is 3.26. The van der Waals surface area contributed by atoms with E-state index in [1.165, 1.54) is 21.9 Å². The molecule has 0 fully saturated rings. The number of carbonyl (C=O) groups excluding carboxylic acids is 2. The summed E-state index contributed by atoms with van der Waals surface area (Å²) in [4.78, 5) is 30.9. The number of hydrogen-bond donors (Lipinski definition) is 0. The molecule has 4 nitrogen and oxygen atoms in total. The summed E-state index contributed by atoms with van der Waals surface area (Å²) >= 11 is 1.72. The van der Waals surface area contributed by atoms with E-state index in [2.05, 4.69) is 30.5 Å². The zero-order valence-corrected chi connectivity index (χ0v) is 18.5. The molecule has 2 heterocycles. The Kier molecular flexibility index (Phi) is 6.18. The normalized spacial score (nSPS) is 15.5. The van der Waals surface area contributed by atoms with Crippen molar-refractivity contribution < 1.29 is 14.0 Å². The molecule has 1 aromatic heterocycles. The highest BCUT2D eigenvalue weighted by Crippen LogP contribution is 2.39. The van der Waals surface area contributed by atoms with Crippen molar-refractivity contribution in [1.29, 1.82) is 0 Å². The Hall–Kier alpha value is -2.99. The van der Waals surface area contributed by atoms with Crippen LogP contribution < -0.4 is 0 Å². The summed E-state index contributed by atoms with van der Waals surface area (Å²) < 4.78 is 14.1. The van der Waals surface area contributed by atoms with Gasteiger partial charge in [0.1, 0.15) is 12.4 Å². The molecule has 0 aliphatic carbocycles. The summed E-state index contributed by atoms with van der Waals surface area (Å²) in [5.74, 6) is -1.16. The molecule has 0 N–H and O–H groups in total. The van der Waals surface area contributed by atoms with Crippen LogP contribution in [0.15, 0.2) is 60.0 Å². The molecule has 3 aromatic rings. The summed E-state index contributed by atoms with van der Waals surface area (Å²) in [7, 11) is 0. The zero-order valence-electron chi connectivity index (χ0n) is 17.7. The molecule has 0 radical (unpaired) electrons. The molecule has 0 saturated carbocycles. The maximum atomic E-state index is 14.1. The van der Waals surface area contributed by atoms with Crippen LogP contribution in [0.5, 0.6) is 0 Å². The van der Waals surface area contributed by atoms with Gasteiger partial charge < -0.3 is 9.80 Å². The number of carbonyl (C=O) groups is 2. The second-order valence-electron chi connectivity index (χ2n) is 7.69. The van der Waals surface area contributed by atoms with Gasteiger partial charge >= 0.3 is 0 Å². The molecule has 6 heteroatoms. The third kappa shape index (κ3) is 4.12. The minimum Gasteiger partial charge on any atom is -0.330 e. The van der Waals surface area contributed by atoms with Crippen LogP contribution in [0.3, 0.4) is 0 Å². The second-order valence-corrected chi connectivity index (χ2v) is 8.70. The van der Waals surface area contributed by atoms with Crippen LogP contribution in [0.2, 0.25) is 0 Å². The Morgan fingerprint density at radius 1 is 1.10 bits per heavy atom. The fourth-order valence-corrected chi connectivity index (χ4v) is 5.10. The highest BCUT2D eigenvalue weighted by molar-refractivity contribution is 7.10. The first kappa shape index (κ1) is 21.2. The predicted octanol–water partition coefficient (Wildman–Crippen LogP) is 4.83. The molecule has 0 saturated heterocycles. The molecule has 2 aromatic carbocycles. The maximum Gasteiger partial charge on any atom is 0.257 e. The van der Waals surface area contributed by atoms with E-state index >= 15 is 0 Å². The van der Waals surface area contributed by atoms with E-state index in [1.807, 2.05) is 17.0 Å². The lowest BCUT2D eigenvalue weighted by molar-refractivity contribution is -0.134. The Labute approximate surface area is 185 Å². The lowest BCUT2D eigenvalue weighted by atomic mass is 9.90. The smallest absolute Gasteiger partial charge is 0.257 e. The monoisotopic (exact) mass is 436 g/mol. The van der Waals surface area contributed by atoms with Crippen molar-refractivity contribution in [2.24, 2.45) is 0 Å². The number of hydrogen-bond acceptors (Lipinski definition) is 3. The van der Waals surface area contributed by atoms with Gasteiger partial charge in [-0.05, 0) is 60.5 Å². The number of nitrogens with zero attached hydrogens (tertiary/aromatic N) is 2. The quantitative estimate of drug-likeness (QED) is 0.575. The molecule has 31 heavy (non-hydrogen) atoms. The van der Waals surface area contributed by atoms with Gasteiger partial charge in [-0.25, -0.2) is 4.39 Å². The van der Waals surface area contributed by atoms with E-state index in [4.69, 9.17) is 0 Å². The van der Waals surface area contributed by atoms with Crippen molar-refractivity contribution >= 4 is 23.2 Å². The van der Waals surface area contributed by atoms with E-state index in [-0.39, 0.29) is 24.1 Å². The maximum absolute atomic E-state index is 14.1. The van der Waals surface area contributed by atoms with Crippen LogP contribution in [0, 0.1) is 12.7 Å². The van der Waals surface area contributed by atoms with Crippen molar-refractivity contribution in [2.75, 3.05) is 19.6 Å². The molecule has 160 valence electrons. The van der Waals surface area contributed by atoms with E-state index in [1.54, 1.807) is 30.4 Å². The first-order chi connectivity index (χ1) is 15.0. The Balaban J connectivity index is 1.63. The van der Waals surface area contributed by atoms with Crippen LogP contribution in [-0.4, -0.2) is 41.2 Å². The number of benzene rings is 2. The van der Waals surface area contributed by atoms with Crippen molar-refractivity contribution in [2.45, 2.75) is 26.3 Å². The fraction of sp³-hybridized carbons (Fsp3) is 0.280. The highest BCUT2D eigenvalue weighted by Gasteiger charge is 2.34. The number of halogens is 1. The minimum absolute atomic E-state index is 0.00799. The molecular weight excluding hydrogens is 411 g/mol. The van der Waals surface area contributed by atoms with Gasteiger partial charge in [0.2, 0.25) is 5.91 Å². The lowest BCUT2D eigenvalue weighted by Crippen LogP contribution is -2.47.